The van der Waals surface area contributed by atoms with E-state index in [0.717, 1.165) is 6.42 Å². The fourth-order valence-corrected chi connectivity index (χ4v) is 1.60. The Labute approximate surface area is 117 Å². The number of methoxy groups -OCH3 is 1. The van der Waals surface area contributed by atoms with E-state index in [1.807, 2.05) is 6.92 Å². The fraction of sp³-hybridized carbons (Fsp3) is 0.286. The third-order valence-electron chi connectivity index (χ3n) is 2.29. The lowest BCUT2D eigenvalue weighted by molar-refractivity contribution is 0.294. The minimum absolute atomic E-state index is 0.0221. The predicted molar refractivity (Wildman–Crippen MR) is 73.0 cm³/mol. The number of hydrogen-bond donors (Lipinski definition) is 0. The van der Waals surface area contributed by atoms with Crippen molar-refractivity contribution in [2.24, 2.45) is 0 Å². The van der Waals surface area contributed by atoms with Crippen LogP contribution in [-0.2, 0) is 0 Å². The SMILES string of the molecule is CCCOc1cc(Cl)c(C=C(C#N)C#N)cc1OC. The molecular formula is C14H13ClN2O2. The smallest absolute Gasteiger partial charge is 0.162 e. The Morgan fingerprint density at radius 1 is 1.32 bits per heavy atom. The third-order valence-corrected chi connectivity index (χ3v) is 2.61. The molecule has 1 aromatic carbocycles. The molecule has 5 heteroatoms. The van der Waals surface area contributed by atoms with Crippen LogP contribution in [0, 0.1) is 22.7 Å². The normalized spacial score (nSPS) is 9.11. The Morgan fingerprint density at radius 3 is 2.53 bits per heavy atom. The van der Waals surface area contributed by atoms with Crippen molar-refractivity contribution in [2.75, 3.05) is 13.7 Å². The quantitative estimate of drug-likeness (QED) is 0.771. The molecule has 0 saturated heterocycles. The van der Waals surface area contributed by atoms with Gasteiger partial charge in [0.1, 0.15) is 17.7 Å². The Morgan fingerprint density at radius 2 is 2.00 bits per heavy atom. The van der Waals surface area contributed by atoms with Crippen LogP contribution in [0.2, 0.25) is 5.02 Å². The van der Waals surface area contributed by atoms with Gasteiger partial charge in [0.15, 0.2) is 11.5 Å². The highest BCUT2D eigenvalue weighted by Crippen LogP contribution is 2.34. The van der Waals surface area contributed by atoms with Gasteiger partial charge < -0.3 is 9.47 Å². The van der Waals surface area contributed by atoms with Gasteiger partial charge in [0.25, 0.3) is 0 Å². The van der Waals surface area contributed by atoms with Gasteiger partial charge in [0, 0.05) is 6.07 Å². The van der Waals surface area contributed by atoms with Crippen LogP contribution in [0.25, 0.3) is 6.08 Å². The molecule has 1 rings (SSSR count). The van der Waals surface area contributed by atoms with Gasteiger partial charge in [-0.1, -0.05) is 18.5 Å². The van der Waals surface area contributed by atoms with E-state index in [4.69, 9.17) is 31.6 Å². The van der Waals surface area contributed by atoms with Crippen LogP contribution in [0.3, 0.4) is 0 Å². The lowest BCUT2D eigenvalue weighted by Gasteiger charge is -2.12. The van der Waals surface area contributed by atoms with E-state index in [9.17, 15) is 0 Å². The van der Waals surface area contributed by atoms with Crippen molar-refractivity contribution in [1.82, 2.24) is 0 Å². The number of nitriles is 2. The predicted octanol–water partition coefficient (Wildman–Crippen LogP) is 3.57. The van der Waals surface area contributed by atoms with E-state index in [0.29, 0.717) is 28.7 Å². The Kier molecular flexibility index (Phi) is 5.73. The molecule has 0 atom stereocenters. The molecular weight excluding hydrogens is 264 g/mol. The van der Waals surface area contributed by atoms with Crippen molar-refractivity contribution in [1.29, 1.82) is 10.5 Å². The van der Waals surface area contributed by atoms with Gasteiger partial charge in [-0.15, -0.1) is 0 Å². The number of nitrogens with zero attached hydrogens (tertiary/aromatic N) is 2. The van der Waals surface area contributed by atoms with Crippen LogP contribution in [0.15, 0.2) is 17.7 Å². The monoisotopic (exact) mass is 276 g/mol. The standard InChI is InChI=1S/C14H13ClN2O2/c1-3-4-19-14-7-12(15)11(6-13(14)18-2)5-10(8-16)9-17/h5-7H,3-4H2,1-2H3. The maximum Gasteiger partial charge on any atom is 0.162 e. The van der Waals surface area contributed by atoms with Gasteiger partial charge in [-0.05, 0) is 24.1 Å². The topological polar surface area (TPSA) is 66.0 Å². The molecule has 0 spiro atoms. The molecule has 0 amide bonds. The van der Waals surface area contributed by atoms with Crippen LogP contribution >= 0.6 is 11.6 Å². The van der Waals surface area contributed by atoms with Gasteiger partial charge in [0.05, 0.1) is 18.7 Å². The number of benzene rings is 1. The molecule has 0 fully saturated rings. The van der Waals surface area contributed by atoms with Gasteiger partial charge in [0.2, 0.25) is 0 Å². The Bertz CT molecular complexity index is 552. The molecule has 0 heterocycles. The number of rotatable bonds is 5. The van der Waals surface area contributed by atoms with Gasteiger partial charge in [-0.3, -0.25) is 0 Å². The molecule has 0 N–H and O–H groups in total. The molecule has 0 aromatic heterocycles. The minimum Gasteiger partial charge on any atom is -0.493 e. The number of allylic oxidation sites excluding steroid dienone is 1. The number of ether oxygens (including phenoxy) is 2. The second kappa shape index (κ2) is 7.31. The summed E-state index contributed by atoms with van der Waals surface area (Å²) in [7, 11) is 1.52. The van der Waals surface area contributed by atoms with Crippen LogP contribution in [0.4, 0.5) is 0 Å². The first-order valence-electron chi connectivity index (χ1n) is 5.68. The van der Waals surface area contributed by atoms with Crippen LogP contribution in [0.1, 0.15) is 18.9 Å². The number of hydrogen-bond acceptors (Lipinski definition) is 4. The summed E-state index contributed by atoms with van der Waals surface area (Å²) in [6, 6.07) is 6.83. The average molecular weight is 277 g/mol. The highest BCUT2D eigenvalue weighted by Gasteiger charge is 2.10. The van der Waals surface area contributed by atoms with Gasteiger partial charge >= 0.3 is 0 Å². The average Bonchev–Trinajstić information content (AvgIpc) is 2.43. The van der Waals surface area contributed by atoms with Gasteiger partial charge in [-0.2, -0.15) is 10.5 Å². The first-order chi connectivity index (χ1) is 9.15. The zero-order valence-corrected chi connectivity index (χ0v) is 11.5. The Balaban J connectivity index is 3.21. The number of halogens is 1. The molecule has 0 aliphatic rings. The molecule has 0 aliphatic heterocycles. The van der Waals surface area contributed by atoms with E-state index < -0.39 is 0 Å². The summed E-state index contributed by atoms with van der Waals surface area (Å²) >= 11 is 6.10. The van der Waals surface area contributed by atoms with Crippen LogP contribution in [-0.4, -0.2) is 13.7 Å². The highest BCUT2D eigenvalue weighted by atomic mass is 35.5. The van der Waals surface area contributed by atoms with Crippen molar-refractivity contribution in [3.8, 4) is 23.6 Å². The first kappa shape index (κ1) is 14.9. The van der Waals surface area contributed by atoms with Crippen LogP contribution in [0.5, 0.6) is 11.5 Å². The van der Waals surface area contributed by atoms with Gasteiger partial charge in [-0.25, -0.2) is 0 Å². The molecule has 0 unspecified atom stereocenters. The Hall–Kier alpha value is -2.17. The molecule has 0 aliphatic carbocycles. The highest BCUT2D eigenvalue weighted by molar-refractivity contribution is 6.32. The summed E-state index contributed by atoms with van der Waals surface area (Å²) in [5, 5.41) is 17.9. The minimum atomic E-state index is -0.0221. The van der Waals surface area contributed by atoms with Crippen molar-refractivity contribution in [2.45, 2.75) is 13.3 Å². The summed E-state index contributed by atoms with van der Waals surface area (Å²) in [5.74, 6) is 1.06. The summed E-state index contributed by atoms with van der Waals surface area (Å²) in [6.07, 6.45) is 2.28. The second-order valence-corrected chi connectivity index (χ2v) is 4.06. The maximum atomic E-state index is 8.74. The maximum absolute atomic E-state index is 8.74. The van der Waals surface area contributed by atoms with E-state index in [-0.39, 0.29) is 5.57 Å². The molecule has 98 valence electrons. The molecule has 1 aromatic rings. The summed E-state index contributed by atoms with van der Waals surface area (Å²) in [6.45, 7) is 2.56. The van der Waals surface area contributed by atoms with E-state index >= 15 is 0 Å². The van der Waals surface area contributed by atoms with Crippen LogP contribution < -0.4 is 9.47 Å². The first-order valence-corrected chi connectivity index (χ1v) is 6.06. The fourth-order valence-electron chi connectivity index (χ4n) is 1.39. The molecule has 19 heavy (non-hydrogen) atoms. The zero-order chi connectivity index (χ0) is 14.3. The van der Waals surface area contributed by atoms with E-state index in [2.05, 4.69) is 0 Å². The largest absolute Gasteiger partial charge is 0.493 e. The van der Waals surface area contributed by atoms with Crippen molar-refractivity contribution < 1.29 is 9.47 Å². The van der Waals surface area contributed by atoms with E-state index in [1.165, 1.54) is 13.2 Å². The lowest BCUT2D eigenvalue weighted by Crippen LogP contribution is -1.98. The molecule has 0 saturated carbocycles. The summed E-state index contributed by atoms with van der Waals surface area (Å²) in [4.78, 5) is 0. The molecule has 0 radical (unpaired) electrons. The summed E-state index contributed by atoms with van der Waals surface area (Å²) < 4.78 is 10.7. The third kappa shape index (κ3) is 3.91. The van der Waals surface area contributed by atoms with Crippen molar-refractivity contribution >= 4 is 17.7 Å². The van der Waals surface area contributed by atoms with E-state index in [1.54, 1.807) is 24.3 Å². The second-order valence-electron chi connectivity index (χ2n) is 3.65. The van der Waals surface area contributed by atoms with Crippen molar-refractivity contribution in [3.63, 3.8) is 0 Å². The lowest BCUT2D eigenvalue weighted by atomic mass is 10.1. The zero-order valence-electron chi connectivity index (χ0n) is 10.7. The summed E-state index contributed by atoms with van der Waals surface area (Å²) in [5.41, 5.74) is 0.520. The molecule has 4 nitrogen and oxygen atoms in total. The van der Waals surface area contributed by atoms with Crippen molar-refractivity contribution in [3.05, 3.63) is 28.3 Å². The molecule has 0 bridgehead atoms.